The molecule has 0 radical (unpaired) electrons. The normalized spacial score (nSPS) is 10.8. The van der Waals surface area contributed by atoms with E-state index >= 15 is 0 Å². The standard InChI is InChI=1S/C26H20N2O2/c29-28(30)25-19-16-21(17-20-25)15-18-22-9-7-8-14-26(22)27(23-10-3-1-4-11-23)24-12-5-2-6-13-24/h1-20H/b18-15+. The third kappa shape index (κ3) is 4.28. The van der Waals surface area contributed by atoms with Gasteiger partial charge in [-0.2, -0.15) is 0 Å². The summed E-state index contributed by atoms with van der Waals surface area (Å²) >= 11 is 0. The van der Waals surface area contributed by atoms with Crippen molar-refractivity contribution in [2.24, 2.45) is 0 Å². The molecule has 4 aromatic rings. The van der Waals surface area contributed by atoms with Gasteiger partial charge in [-0.05, 0) is 53.6 Å². The Kier molecular flexibility index (Phi) is 5.67. The highest BCUT2D eigenvalue weighted by Gasteiger charge is 2.14. The average molecular weight is 392 g/mol. The number of rotatable bonds is 6. The van der Waals surface area contributed by atoms with Crippen molar-refractivity contribution in [1.29, 1.82) is 0 Å². The van der Waals surface area contributed by atoms with Crippen molar-refractivity contribution in [3.63, 3.8) is 0 Å². The number of para-hydroxylation sites is 3. The van der Waals surface area contributed by atoms with Crippen LogP contribution in [-0.4, -0.2) is 4.92 Å². The summed E-state index contributed by atoms with van der Waals surface area (Å²) in [6, 6.07) is 35.2. The van der Waals surface area contributed by atoms with E-state index in [-0.39, 0.29) is 10.6 Å². The van der Waals surface area contributed by atoms with E-state index in [0.717, 1.165) is 28.2 Å². The lowest BCUT2D eigenvalue weighted by molar-refractivity contribution is -0.384. The summed E-state index contributed by atoms with van der Waals surface area (Å²) in [6.07, 6.45) is 4.01. The molecular formula is C26H20N2O2. The molecule has 0 heterocycles. The topological polar surface area (TPSA) is 46.4 Å². The summed E-state index contributed by atoms with van der Waals surface area (Å²) in [6.45, 7) is 0. The quantitative estimate of drug-likeness (QED) is 0.197. The molecule has 0 fully saturated rings. The van der Waals surface area contributed by atoms with Crippen LogP contribution < -0.4 is 4.90 Å². The van der Waals surface area contributed by atoms with Gasteiger partial charge >= 0.3 is 0 Å². The second-order valence-electron chi connectivity index (χ2n) is 6.75. The molecule has 30 heavy (non-hydrogen) atoms. The van der Waals surface area contributed by atoms with Crippen LogP contribution in [0.2, 0.25) is 0 Å². The van der Waals surface area contributed by atoms with Gasteiger partial charge in [0, 0.05) is 23.5 Å². The van der Waals surface area contributed by atoms with Gasteiger partial charge in [-0.3, -0.25) is 10.1 Å². The van der Waals surface area contributed by atoms with Crippen LogP contribution in [0.3, 0.4) is 0 Å². The number of hydrogen-bond donors (Lipinski definition) is 0. The third-order valence-electron chi connectivity index (χ3n) is 4.77. The fourth-order valence-electron chi connectivity index (χ4n) is 3.31. The maximum Gasteiger partial charge on any atom is 0.269 e. The van der Waals surface area contributed by atoms with Gasteiger partial charge in [0.15, 0.2) is 0 Å². The fourth-order valence-corrected chi connectivity index (χ4v) is 3.31. The van der Waals surface area contributed by atoms with E-state index in [4.69, 9.17) is 0 Å². The summed E-state index contributed by atoms with van der Waals surface area (Å²) < 4.78 is 0. The third-order valence-corrected chi connectivity index (χ3v) is 4.77. The first-order chi connectivity index (χ1) is 14.7. The van der Waals surface area contributed by atoms with Crippen molar-refractivity contribution in [3.8, 4) is 0 Å². The van der Waals surface area contributed by atoms with Crippen LogP contribution in [0.5, 0.6) is 0 Å². The molecule has 0 saturated heterocycles. The van der Waals surface area contributed by atoms with E-state index in [1.54, 1.807) is 12.1 Å². The van der Waals surface area contributed by atoms with Gasteiger partial charge < -0.3 is 4.90 Å². The van der Waals surface area contributed by atoms with Crippen LogP contribution in [0.1, 0.15) is 11.1 Å². The number of non-ortho nitro benzene ring substituents is 1. The minimum Gasteiger partial charge on any atom is -0.310 e. The Labute approximate surface area is 175 Å². The number of nitro benzene ring substituents is 1. The maximum atomic E-state index is 10.9. The Morgan fingerprint density at radius 2 is 1.17 bits per heavy atom. The fraction of sp³-hybridized carbons (Fsp3) is 0. The molecule has 0 bridgehead atoms. The first kappa shape index (κ1) is 19.2. The minimum absolute atomic E-state index is 0.0897. The summed E-state index contributed by atoms with van der Waals surface area (Å²) in [4.78, 5) is 12.7. The zero-order valence-electron chi connectivity index (χ0n) is 16.3. The first-order valence-electron chi connectivity index (χ1n) is 9.64. The van der Waals surface area contributed by atoms with Gasteiger partial charge in [-0.15, -0.1) is 0 Å². The molecule has 4 aromatic carbocycles. The summed E-state index contributed by atoms with van der Waals surface area (Å²) in [5.74, 6) is 0. The highest BCUT2D eigenvalue weighted by Crippen LogP contribution is 2.36. The summed E-state index contributed by atoms with van der Waals surface area (Å²) in [5.41, 5.74) is 5.23. The molecule has 0 aliphatic rings. The van der Waals surface area contributed by atoms with Gasteiger partial charge in [0.2, 0.25) is 0 Å². The smallest absolute Gasteiger partial charge is 0.269 e. The van der Waals surface area contributed by atoms with Crippen molar-refractivity contribution in [3.05, 3.63) is 130 Å². The van der Waals surface area contributed by atoms with Crippen molar-refractivity contribution in [2.45, 2.75) is 0 Å². The van der Waals surface area contributed by atoms with Crippen molar-refractivity contribution >= 4 is 34.9 Å². The van der Waals surface area contributed by atoms with Crippen molar-refractivity contribution in [2.75, 3.05) is 4.90 Å². The van der Waals surface area contributed by atoms with Crippen LogP contribution in [0.25, 0.3) is 12.2 Å². The second-order valence-corrected chi connectivity index (χ2v) is 6.75. The number of hydrogen-bond acceptors (Lipinski definition) is 3. The molecule has 4 rings (SSSR count). The second kappa shape index (κ2) is 8.88. The molecule has 0 saturated carbocycles. The molecule has 146 valence electrons. The van der Waals surface area contributed by atoms with E-state index in [0.29, 0.717) is 0 Å². The number of nitro groups is 1. The molecule has 0 aliphatic heterocycles. The van der Waals surface area contributed by atoms with Gasteiger partial charge in [0.1, 0.15) is 0 Å². The molecular weight excluding hydrogens is 372 g/mol. The van der Waals surface area contributed by atoms with Crippen LogP contribution in [0.15, 0.2) is 109 Å². The Morgan fingerprint density at radius 3 is 1.73 bits per heavy atom. The number of anilines is 3. The van der Waals surface area contributed by atoms with E-state index < -0.39 is 0 Å². The van der Waals surface area contributed by atoms with Gasteiger partial charge in [0.25, 0.3) is 5.69 Å². The largest absolute Gasteiger partial charge is 0.310 e. The molecule has 0 N–H and O–H groups in total. The Morgan fingerprint density at radius 1 is 0.633 bits per heavy atom. The molecule has 0 aliphatic carbocycles. The maximum absolute atomic E-state index is 10.9. The lowest BCUT2D eigenvalue weighted by Crippen LogP contribution is -2.10. The minimum atomic E-state index is -0.389. The molecule has 0 aromatic heterocycles. The van der Waals surface area contributed by atoms with Crippen LogP contribution >= 0.6 is 0 Å². The van der Waals surface area contributed by atoms with Gasteiger partial charge in [-0.25, -0.2) is 0 Å². The molecule has 4 heteroatoms. The van der Waals surface area contributed by atoms with Crippen molar-refractivity contribution in [1.82, 2.24) is 0 Å². The van der Waals surface area contributed by atoms with Crippen LogP contribution in [0, 0.1) is 10.1 Å². The highest BCUT2D eigenvalue weighted by atomic mass is 16.6. The molecule has 0 unspecified atom stereocenters. The van der Waals surface area contributed by atoms with E-state index in [2.05, 4.69) is 41.3 Å². The predicted octanol–water partition coefficient (Wildman–Crippen LogP) is 7.24. The Balaban J connectivity index is 1.74. The van der Waals surface area contributed by atoms with Crippen LogP contribution in [-0.2, 0) is 0 Å². The van der Waals surface area contributed by atoms with Gasteiger partial charge in [0.05, 0.1) is 10.6 Å². The Bertz CT molecular complexity index is 1120. The van der Waals surface area contributed by atoms with E-state index in [9.17, 15) is 10.1 Å². The zero-order chi connectivity index (χ0) is 20.8. The van der Waals surface area contributed by atoms with E-state index in [1.807, 2.05) is 60.7 Å². The summed E-state index contributed by atoms with van der Waals surface area (Å²) in [7, 11) is 0. The monoisotopic (exact) mass is 392 g/mol. The molecule has 0 spiro atoms. The zero-order valence-corrected chi connectivity index (χ0v) is 16.3. The number of benzene rings is 4. The molecule has 4 nitrogen and oxygen atoms in total. The average Bonchev–Trinajstić information content (AvgIpc) is 2.80. The van der Waals surface area contributed by atoms with Crippen LogP contribution in [0.4, 0.5) is 22.7 Å². The predicted molar refractivity (Wildman–Crippen MR) is 123 cm³/mol. The van der Waals surface area contributed by atoms with Gasteiger partial charge in [-0.1, -0.05) is 66.7 Å². The van der Waals surface area contributed by atoms with Crippen molar-refractivity contribution < 1.29 is 4.92 Å². The lowest BCUT2D eigenvalue weighted by Gasteiger charge is -2.27. The highest BCUT2D eigenvalue weighted by molar-refractivity contribution is 5.85. The molecule has 0 atom stereocenters. The number of nitrogens with zero attached hydrogens (tertiary/aromatic N) is 2. The lowest BCUT2D eigenvalue weighted by atomic mass is 10.1. The first-order valence-corrected chi connectivity index (χ1v) is 9.64. The Hall–Kier alpha value is -4.18. The molecule has 0 amide bonds. The van der Waals surface area contributed by atoms with E-state index in [1.165, 1.54) is 12.1 Å². The summed E-state index contributed by atoms with van der Waals surface area (Å²) in [5, 5.41) is 10.9. The SMILES string of the molecule is O=[N+]([O-])c1ccc(/C=C/c2ccccc2N(c2ccccc2)c2ccccc2)cc1.